The first-order valence-electron chi connectivity index (χ1n) is 20.6. The Balaban J connectivity index is 0.000000257. The second-order valence-electron chi connectivity index (χ2n) is 15.3. The molecule has 0 amide bonds. The summed E-state index contributed by atoms with van der Waals surface area (Å²) in [5, 5.41) is 7.95. The van der Waals surface area contributed by atoms with Crippen LogP contribution in [0.15, 0.2) is 158 Å². The molecule has 0 radical (unpaired) electrons. The molecule has 0 bridgehead atoms. The van der Waals surface area contributed by atoms with Crippen LogP contribution in [0.5, 0.6) is 0 Å². The highest BCUT2D eigenvalue weighted by molar-refractivity contribution is 6.21. The minimum atomic E-state index is 0.311. The van der Waals surface area contributed by atoms with Gasteiger partial charge in [0.1, 0.15) is 0 Å². The number of hydrogen-bond donors (Lipinski definition) is 0. The third-order valence-electron chi connectivity index (χ3n) is 9.76. The molecular weight excluding hydrogens is 673 g/mol. The zero-order chi connectivity index (χ0) is 40.6. The molecule has 8 rings (SSSR count). The molecule has 0 N–H and O–H groups in total. The van der Waals surface area contributed by atoms with Crippen molar-refractivity contribution in [2.24, 2.45) is 0 Å². The van der Waals surface area contributed by atoms with E-state index in [9.17, 15) is 0 Å². The number of fused-ring (bicyclic) bond motifs is 5. The van der Waals surface area contributed by atoms with Gasteiger partial charge in [-0.2, -0.15) is 0 Å². The molecule has 8 aromatic carbocycles. The van der Waals surface area contributed by atoms with E-state index in [0.29, 0.717) is 5.92 Å². The van der Waals surface area contributed by atoms with Crippen LogP contribution in [-0.2, 0) is 0 Å². The van der Waals surface area contributed by atoms with E-state index in [-0.39, 0.29) is 0 Å². The van der Waals surface area contributed by atoms with Crippen LogP contribution in [0.25, 0.3) is 43.4 Å². The van der Waals surface area contributed by atoms with E-state index < -0.39 is 0 Å². The van der Waals surface area contributed by atoms with Gasteiger partial charge in [-0.15, -0.1) is 0 Å². The summed E-state index contributed by atoms with van der Waals surface area (Å²) in [6, 6.07) is 57.5. The second kappa shape index (κ2) is 21.6. The molecule has 0 nitrogen and oxygen atoms in total. The maximum Gasteiger partial charge on any atom is 0.00673 e. The van der Waals surface area contributed by atoms with Crippen molar-refractivity contribution in [2.75, 3.05) is 0 Å². The maximum atomic E-state index is 2.45. The number of hydrogen-bond acceptors (Lipinski definition) is 0. The van der Waals surface area contributed by atoms with Gasteiger partial charge in [0, 0.05) is 5.92 Å². The van der Waals surface area contributed by atoms with E-state index in [4.69, 9.17) is 0 Å². The van der Waals surface area contributed by atoms with Crippen LogP contribution in [0.2, 0.25) is 0 Å². The van der Waals surface area contributed by atoms with Gasteiger partial charge < -0.3 is 0 Å². The van der Waals surface area contributed by atoms with Crippen molar-refractivity contribution in [1.82, 2.24) is 0 Å². The second-order valence-corrected chi connectivity index (χ2v) is 15.3. The summed E-state index contributed by atoms with van der Waals surface area (Å²) in [5.74, 6) is 0.311. The molecule has 0 spiro atoms. The fraction of sp³-hybridized carbons (Fsp3) is 0.250. The Kier molecular flexibility index (Phi) is 16.7. The number of aryl methyl sites for hydroxylation is 6. The SMILES string of the molecule is CCC.CCC.Cc1ccc(-c2cc3c4ccccc4c(C(C)c4ccc(C)cc4)cc3c3ccccc23)cc1.Cc1ccc(C)cc1.Cc1ccc(C)cc1. The Bertz CT molecular complexity index is 2290. The van der Waals surface area contributed by atoms with Crippen molar-refractivity contribution >= 4 is 32.3 Å². The molecule has 0 aliphatic carbocycles. The molecular formula is C56H64. The largest absolute Gasteiger partial charge is 0.0656 e. The summed E-state index contributed by atoms with van der Waals surface area (Å²) in [4.78, 5) is 0. The predicted molar refractivity (Wildman–Crippen MR) is 252 cm³/mol. The molecule has 288 valence electrons. The lowest BCUT2D eigenvalue weighted by atomic mass is 9.84. The molecule has 0 aromatic heterocycles. The molecule has 0 fully saturated rings. The van der Waals surface area contributed by atoms with Gasteiger partial charge in [0.05, 0.1) is 0 Å². The highest BCUT2D eigenvalue weighted by Gasteiger charge is 2.17. The first kappa shape index (κ1) is 43.3. The third kappa shape index (κ3) is 11.8. The van der Waals surface area contributed by atoms with Gasteiger partial charge in [-0.1, -0.05) is 226 Å². The summed E-state index contributed by atoms with van der Waals surface area (Å²) in [5.41, 5.74) is 13.2. The van der Waals surface area contributed by atoms with Crippen molar-refractivity contribution in [3.05, 3.63) is 202 Å². The fourth-order valence-electron chi connectivity index (χ4n) is 6.62. The quantitative estimate of drug-likeness (QED) is 0.158. The molecule has 0 heteroatoms. The van der Waals surface area contributed by atoms with E-state index in [1.165, 1.54) is 101 Å². The molecule has 1 atom stereocenters. The Morgan fingerprint density at radius 3 is 1.05 bits per heavy atom. The zero-order valence-electron chi connectivity index (χ0n) is 36.0. The Hall–Kier alpha value is -5.46. The van der Waals surface area contributed by atoms with Gasteiger partial charge >= 0.3 is 0 Å². The first-order valence-corrected chi connectivity index (χ1v) is 20.6. The number of rotatable bonds is 3. The average Bonchev–Trinajstić information content (AvgIpc) is 3.21. The van der Waals surface area contributed by atoms with Crippen LogP contribution in [-0.4, -0.2) is 0 Å². The van der Waals surface area contributed by atoms with Crippen LogP contribution < -0.4 is 0 Å². The summed E-state index contributed by atoms with van der Waals surface area (Å²) in [6.07, 6.45) is 2.50. The summed E-state index contributed by atoms with van der Waals surface area (Å²) in [7, 11) is 0. The van der Waals surface area contributed by atoms with E-state index in [2.05, 4.69) is 234 Å². The minimum Gasteiger partial charge on any atom is -0.0656 e. The Morgan fingerprint density at radius 1 is 0.339 bits per heavy atom. The topological polar surface area (TPSA) is 0 Å². The lowest BCUT2D eigenvalue weighted by Crippen LogP contribution is -1.98. The van der Waals surface area contributed by atoms with Crippen molar-refractivity contribution in [1.29, 1.82) is 0 Å². The highest BCUT2D eigenvalue weighted by atomic mass is 14.2. The van der Waals surface area contributed by atoms with E-state index in [0.717, 1.165) is 0 Å². The van der Waals surface area contributed by atoms with Crippen LogP contribution in [0.4, 0.5) is 0 Å². The highest BCUT2D eigenvalue weighted by Crippen LogP contribution is 2.41. The smallest absolute Gasteiger partial charge is 0.00673 e. The average molecular weight is 737 g/mol. The Morgan fingerprint density at radius 2 is 0.643 bits per heavy atom. The monoisotopic (exact) mass is 737 g/mol. The first-order chi connectivity index (χ1) is 27.0. The van der Waals surface area contributed by atoms with Crippen molar-refractivity contribution in [2.45, 2.75) is 94.9 Å². The molecule has 0 heterocycles. The predicted octanol–water partition coefficient (Wildman–Crippen LogP) is 17.0. The van der Waals surface area contributed by atoms with Crippen LogP contribution in [0.1, 0.15) is 97.9 Å². The minimum absolute atomic E-state index is 0.311. The Labute approximate surface area is 339 Å². The lowest BCUT2D eigenvalue weighted by molar-refractivity contribution is 0.934. The third-order valence-corrected chi connectivity index (χ3v) is 9.76. The van der Waals surface area contributed by atoms with E-state index in [1.54, 1.807) is 0 Å². The van der Waals surface area contributed by atoms with Crippen molar-refractivity contribution in [3.8, 4) is 11.1 Å². The van der Waals surface area contributed by atoms with Gasteiger partial charge in [0.15, 0.2) is 0 Å². The van der Waals surface area contributed by atoms with Crippen LogP contribution >= 0.6 is 0 Å². The molecule has 0 saturated carbocycles. The molecule has 0 aliphatic heterocycles. The van der Waals surface area contributed by atoms with Gasteiger partial charge in [0.25, 0.3) is 0 Å². The molecule has 8 aromatic rings. The normalized spacial score (nSPS) is 10.8. The van der Waals surface area contributed by atoms with Crippen LogP contribution in [0.3, 0.4) is 0 Å². The summed E-state index contributed by atoms with van der Waals surface area (Å²) in [6.45, 7) is 23.5. The molecule has 0 aliphatic rings. The standard InChI is InChI=1S/C34H28.2C8H10.2C3H8/c1-22-12-16-25(17-13-22)24(3)31-20-33-30-11-7-5-9-28(30)32(26-18-14-23(2)15-19-26)21-34(33)29-10-6-4-8-27(29)31;2*1-7-3-5-8(2)6-4-7;2*1-3-2/h4-21,24H,1-3H3;2*3-6H,1-2H3;2*3H2,1-2H3. The zero-order valence-corrected chi connectivity index (χ0v) is 36.0. The summed E-state index contributed by atoms with van der Waals surface area (Å²) < 4.78 is 0. The molecule has 56 heavy (non-hydrogen) atoms. The van der Waals surface area contributed by atoms with E-state index >= 15 is 0 Å². The summed E-state index contributed by atoms with van der Waals surface area (Å²) >= 11 is 0. The van der Waals surface area contributed by atoms with Crippen molar-refractivity contribution in [3.63, 3.8) is 0 Å². The fourth-order valence-corrected chi connectivity index (χ4v) is 6.62. The van der Waals surface area contributed by atoms with Gasteiger partial charge in [-0.05, 0) is 108 Å². The maximum absolute atomic E-state index is 2.45. The van der Waals surface area contributed by atoms with E-state index in [1.807, 2.05) is 0 Å². The molecule has 0 saturated heterocycles. The van der Waals surface area contributed by atoms with Gasteiger partial charge in [0.2, 0.25) is 0 Å². The molecule has 1 unspecified atom stereocenters. The van der Waals surface area contributed by atoms with Gasteiger partial charge in [-0.25, -0.2) is 0 Å². The van der Waals surface area contributed by atoms with Gasteiger partial charge in [-0.3, -0.25) is 0 Å². The number of benzene rings is 8. The lowest BCUT2D eigenvalue weighted by Gasteiger charge is -2.19. The van der Waals surface area contributed by atoms with Crippen molar-refractivity contribution < 1.29 is 0 Å². The van der Waals surface area contributed by atoms with Crippen LogP contribution in [0, 0.1) is 41.5 Å².